The van der Waals surface area contributed by atoms with Gasteiger partial charge in [0.1, 0.15) is 0 Å². The number of nitrogens with one attached hydrogen (secondary N) is 1. The number of hydrogen-bond acceptors (Lipinski definition) is 2. The minimum Gasteiger partial charge on any atom is -0.381 e. The molecule has 0 aliphatic carbocycles. The third kappa shape index (κ3) is 10.4. The van der Waals surface area contributed by atoms with E-state index in [2.05, 4.69) is 14.6 Å². The van der Waals surface area contributed by atoms with Gasteiger partial charge in [-0.25, -0.2) is 0 Å². The average molecular weight is 247 g/mol. The van der Waals surface area contributed by atoms with Gasteiger partial charge < -0.3 is 10.1 Å². The minimum absolute atomic E-state index is 0.0863. The first kappa shape index (κ1) is 15.9. The van der Waals surface area contributed by atoms with Crippen molar-refractivity contribution in [2.45, 2.75) is 39.5 Å². The van der Waals surface area contributed by atoms with Gasteiger partial charge in [-0.1, -0.05) is 13.8 Å². The Morgan fingerprint density at radius 2 is 1.81 bits per heavy atom. The molecule has 0 bridgehead atoms. The number of carbonyl (C=O) groups excluding carboxylic acids is 1. The molecule has 0 heterocycles. The van der Waals surface area contributed by atoms with Gasteiger partial charge in [0.15, 0.2) is 0 Å². The monoisotopic (exact) mass is 247 g/mol. The van der Waals surface area contributed by atoms with E-state index in [0.717, 1.165) is 45.2 Å². The smallest absolute Gasteiger partial charge is 0.222 e. The van der Waals surface area contributed by atoms with Crippen LogP contribution in [0.15, 0.2) is 0 Å². The number of ether oxygens (including phenoxy) is 1. The standard InChI is InChI=1S/C12H26NO2P/c1-11(2)12(14)13-7-3-4-8-15-9-5-6-10-16/h11H,3-10,16H2,1-2H3,(H,13,14). The summed E-state index contributed by atoms with van der Waals surface area (Å²) in [6.45, 7) is 6.27. The van der Waals surface area contributed by atoms with Crippen molar-refractivity contribution in [1.29, 1.82) is 0 Å². The molecule has 4 heteroatoms. The third-order valence-electron chi connectivity index (χ3n) is 2.28. The van der Waals surface area contributed by atoms with Crippen molar-refractivity contribution in [1.82, 2.24) is 5.32 Å². The summed E-state index contributed by atoms with van der Waals surface area (Å²) in [6, 6.07) is 0. The highest BCUT2D eigenvalue weighted by molar-refractivity contribution is 7.16. The number of amides is 1. The summed E-state index contributed by atoms with van der Waals surface area (Å²) in [5.74, 6) is 0.226. The van der Waals surface area contributed by atoms with Crippen molar-refractivity contribution in [3.8, 4) is 0 Å². The molecule has 1 unspecified atom stereocenters. The average Bonchev–Trinajstić information content (AvgIpc) is 2.26. The molecular formula is C12H26NO2P. The van der Waals surface area contributed by atoms with Gasteiger partial charge in [-0.3, -0.25) is 4.79 Å². The van der Waals surface area contributed by atoms with E-state index in [1.807, 2.05) is 13.8 Å². The fourth-order valence-electron chi connectivity index (χ4n) is 1.20. The van der Waals surface area contributed by atoms with Crippen molar-refractivity contribution in [3.63, 3.8) is 0 Å². The largest absolute Gasteiger partial charge is 0.381 e. The van der Waals surface area contributed by atoms with Gasteiger partial charge in [-0.2, -0.15) is 0 Å². The van der Waals surface area contributed by atoms with Crippen molar-refractivity contribution in [2.75, 3.05) is 25.9 Å². The first-order valence-corrected chi connectivity index (χ1v) is 7.05. The van der Waals surface area contributed by atoms with Crippen LogP contribution in [0.25, 0.3) is 0 Å². The highest BCUT2D eigenvalue weighted by atomic mass is 31.0. The van der Waals surface area contributed by atoms with E-state index in [-0.39, 0.29) is 11.8 Å². The van der Waals surface area contributed by atoms with Crippen molar-refractivity contribution >= 4 is 15.1 Å². The van der Waals surface area contributed by atoms with Crippen LogP contribution < -0.4 is 5.32 Å². The second-order valence-electron chi connectivity index (χ2n) is 4.26. The molecule has 0 aromatic rings. The van der Waals surface area contributed by atoms with Crippen LogP contribution in [0.1, 0.15) is 39.5 Å². The van der Waals surface area contributed by atoms with Crippen LogP contribution in [0.5, 0.6) is 0 Å². The normalized spacial score (nSPS) is 10.8. The van der Waals surface area contributed by atoms with Gasteiger partial charge in [-0.15, -0.1) is 9.24 Å². The highest BCUT2D eigenvalue weighted by Gasteiger charge is 2.04. The maximum Gasteiger partial charge on any atom is 0.222 e. The van der Waals surface area contributed by atoms with Gasteiger partial charge in [-0.05, 0) is 31.8 Å². The molecule has 0 fully saturated rings. The Balaban J connectivity index is 3.07. The zero-order valence-corrected chi connectivity index (χ0v) is 11.8. The topological polar surface area (TPSA) is 38.3 Å². The summed E-state index contributed by atoms with van der Waals surface area (Å²) in [6.07, 6.45) is 5.55. The van der Waals surface area contributed by atoms with Gasteiger partial charge >= 0.3 is 0 Å². The van der Waals surface area contributed by atoms with E-state index in [4.69, 9.17) is 4.74 Å². The number of rotatable bonds is 10. The number of unbranched alkanes of at least 4 members (excludes halogenated alkanes) is 2. The Labute approximate surface area is 102 Å². The molecule has 0 aromatic carbocycles. The summed E-state index contributed by atoms with van der Waals surface area (Å²) in [5, 5.41) is 2.90. The Kier molecular flexibility index (Phi) is 11.2. The van der Waals surface area contributed by atoms with Gasteiger partial charge in [0.05, 0.1) is 0 Å². The Morgan fingerprint density at radius 3 is 2.38 bits per heavy atom. The van der Waals surface area contributed by atoms with Crippen LogP contribution >= 0.6 is 9.24 Å². The first-order valence-electron chi connectivity index (χ1n) is 6.24. The lowest BCUT2D eigenvalue weighted by atomic mass is 10.2. The fraction of sp³-hybridized carbons (Fsp3) is 0.917. The lowest BCUT2D eigenvalue weighted by molar-refractivity contribution is -0.123. The van der Waals surface area contributed by atoms with E-state index in [1.165, 1.54) is 6.42 Å². The molecule has 3 nitrogen and oxygen atoms in total. The Bertz CT molecular complexity index is 174. The number of carbonyl (C=O) groups is 1. The molecule has 0 rings (SSSR count). The molecule has 0 aromatic heterocycles. The van der Waals surface area contributed by atoms with E-state index < -0.39 is 0 Å². The summed E-state index contributed by atoms with van der Waals surface area (Å²) in [5.41, 5.74) is 0. The van der Waals surface area contributed by atoms with E-state index >= 15 is 0 Å². The predicted octanol–water partition coefficient (Wildman–Crippen LogP) is 2.21. The fourth-order valence-corrected chi connectivity index (χ4v) is 1.48. The van der Waals surface area contributed by atoms with Gasteiger partial charge in [0.25, 0.3) is 0 Å². The van der Waals surface area contributed by atoms with E-state index in [1.54, 1.807) is 0 Å². The van der Waals surface area contributed by atoms with Crippen LogP contribution in [-0.2, 0) is 9.53 Å². The second kappa shape index (κ2) is 11.3. The molecule has 96 valence electrons. The molecule has 0 saturated heterocycles. The van der Waals surface area contributed by atoms with Crippen molar-refractivity contribution in [2.24, 2.45) is 5.92 Å². The van der Waals surface area contributed by atoms with Crippen LogP contribution in [0.2, 0.25) is 0 Å². The molecule has 16 heavy (non-hydrogen) atoms. The summed E-state index contributed by atoms with van der Waals surface area (Å²) in [4.78, 5) is 11.2. The zero-order chi connectivity index (χ0) is 12.2. The SMILES string of the molecule is CC(C)C(=O)NCCCCOCCCCP. The first-order chi connectivity index (χ1) is 7.68. The Hall–Kier alpha value is -0.140. The third-order valence-corrected chi connectivity index (χ3v) is 2.69. The van der Waals surface area contributed by atoms with Crippen molar-refractivity contribution < 1.29 is 9.53 Å². The second-order valence-corrected chi connectivity index (χ2v) is 4.84. The van der Waals surface area contributed by atoms with Gasteiger partial charge in [0.2, 0.25) is 5.91 Å². The lowest BCUT2D eigenvalue weighted by Gasteiger charge is -2.07. The molecule has 0 saturated carbocycles. The molecular weight excluding hydrogens is 221 g/mol. The Morgan fingerprint density at radius 1 is 1.19 bits per heavy atom. The lowest BCUT2D eigenvalue weighted by Crippen LogP contribution is -2.28. The summed E-state index contributed by atoms with van der Waals surface area (Å²) in [7, 11) is 2.72. The molecule has 1 atom stereocenters. The number of hydrogen-bond donors (Lipinski definition) is 1. The van der Waals surface area contributed by atoms with Crippen LogP contribution in [0.4, 0.5) is 0 Å². The maximum atomic E-state index is 11.2. The maximum absolute atomic E-state index is 11.2. The molecule has 0 spiro atoms. The molecule has 0 radical (unpaired) electrons. The summed E-state index contributed by atoms with van der Waals surface area (Å²) < 4.78 is 5.47. The minimum atomic E-state index is 0.0863. The van der Waals surface area contributed by atoms with Crippen LogP contribution in [0, 0.1) is 5.92 Å². The quantitative estimate of drug-likeness (QED) is 0.475. The van der Waals surface area contributed by atoms with Gasteiger partial charge in [0, 0.05) is 25.7 Å². The molecule has 0 aliphatic heterocycles. The van der Waals surface area contributed by atoms with Crippen LogP contribution in [-0.4, -0.2) is 31.8 Å². The molecule has 1 amide bonds. The highest BCUT2D eigenvalue weighted by Crippen LogP contribution is 1.96. The van der Waals surface area contributed by atoms with Crippen molar-refractivity contribution in [3.05, 3.63) is 0 Å². The van der Waals surface area contributed by atoms with E-state index in [9.17, 15) is 4.79 Å². The molecule has 0 aliphatic rings. The zero-order valence-electron chi connectivity index (χ0n) is 10.6. The van der Waals surface area contributed by atoms with E-state index in [0.29, 0.717) is 0 Å². The predicted molar refractivity (Wildman–Crippen MR) is 71.7 cm³/mol. The summed E-state index contributed by atoms with van der Waals surface area (Å²) >= 11 is 0. The molecule has 1 N–H and O–H groups in total. The van der Waals surface area contributed by atoms with Crippen LogP contribution in [0.3, 0.4) is 0 Å².